The summed E-state index contributed by atoms with van der Waals surface area (Å²) in [6, 6.07) is 5.75. The quantitative estimate of drug-likeness (QED) is 0.343. The van der Waals surface area contributed by atoms with E-state index in [-0.39, 0.29) is 47.9 Å². The lowest BCUT2D eigenvalue weighted by molar-refractivity contribution is -0.115. The van der Waals surface area contributed by atoms with Crippen LogP contribution in [0.4, 0.5) is 10.1 Å². The van der Waals surface area contributed by atoms with Gasteiger partial charge in [0.2, 0.25) is 5.91 Å². The summed E-state index contributed by atoms with van der Waals surface area (Å²) < 4.78 is 18.5. The van der Waals surface area contributed by atoms with E-state index in [4.69, 9.17) is 4.74 Å². The maximum atomic E-state index is 13.1. The number of hydrogen-bond acceptors (Lipinski definition) is 3. The van der Waals surface area contributed by atoms with Crippen molar-refractivity contribution in [3.8, 4) is 0 Å². The number of methoxy groups -OCH3 is 1. The summed E-state index contributed by atoms with van der Waals surface area (Å²) in [5, 5.41) is 8.66. The number of aliphatic imine (C=N–C) groups is 1. The Hall–Kier alpha value is -1.42. The van der Waals surface area contributed by atoms with Crippen molar-refractivity contribution in [2.75, 3.05) is 32.6 Å². The Kier molecular flexibility index (Phi) is 10.6. The van der Waals surface area contributed by atoms with Crippen LogP contribution in [0.15, 0.2) is 29.3 Å². The van der Waals surface area contributed by atoms with E-state index in [2.05, 4.69) is 41.7 Å². The van der Waals surface area contributed by atoms with E-state index >= 15 is 0 Å². The normalized spacial score (nSPS) is 12.8. The van der Waals surface area contributed by atoms with Crippen LogP contribution in [-0.4, -0.2) is 45.2 Å². The van der Waals surface area contributed by atoms with Gasteiger partial charge in [0.25, 0.3) is 0 Å². The molecule has 142 valence electrons. The third-order valence-corrected chi connectivity index (χ3v) is 3.45. The zero-order valence-corrected chi connectivity index (χ0v) is 17.7. The number of benzene rings is 1. The highest BCUT2D eigenvalue weighted by molar-refractivity contribution is 14.0. The molecule has 1 amide bonds. The molecule has 25 heavy (non-hydrogen) atoms. The second-order valence-electron chi connectivity index (χ2n) is 6.46. The molecule has 0 saturated heterocycles. The maximum Gasteiger partial charge on any atom is 0.243 e. The first-order valence-corrected chi connectivity index (χ1v) is 7.79. The molecule has 0 aliphatic heterocycles. The standard InChI is InChI=1S/C17H27FN4O2.HI/c1-17(2,3)14(24-5)10-20-16(19-4)21-11-15(23)22-13-8-6-7-12(18)9-13;/h6-9,14H,10-11H2,1-5H3,(H,22,23)(H2,19,20,21);1H. The summed E-state index contributed by atoms with van der Waals surface area (Å²) in [4.78, 5) is 16.0. The minimum absolute atomic E-state index is 0. The summed E-state index contributed by atoms with van der Waals surface area (Å²) in [7, 11) is 3.29. The van der Waals surface area contributed by atoms with Crippen LogP contribution >= 0.6 is 24.0 Å². The number of halogens is 2. The Morgan fingerprint density at radius 2 is 2.00 bits per heavy atom. The fraction of sp³-hybridized carbons (Fsp3) is 0.529. The molecule has 3 N–H and O–H groups in total. The second-order valence-corrected chi connectivity index (χ2v) is 6.46. The van der Waals surface area contributed by atoms with Crippen molar-refractivity contribution in [3.05, 3.63) is 30.1 Å². The molecule has 0 aromatic heterocycles. The van der Waals surface area contributed by atoms with Gasteiger partial charge in [0.05, 0.1) is 12.6 Å². The van der Waals surface area contributed by atoms with Crippen LogP contribution < -0.4 is 16.0 Å². The molecule has 0 saturated carbocycles. The highest BCUT2D eigenvalue weighted by Crippen LogP contribution is 2.20. The highest BCUT2D eigenvalue weighted by Gasteiger charge is 2.24. The molecule has 1 atom stereocenters. The number of guanidine groups is 1. The number of nitrogens with one attached hydrogen (secondary N) is 3. The average molecular weight is 466 g/mol. The van der Waals surface area contributed by atoms with Gasteiger partial charge < -0.3 is 20.7 Å². The predicted octanol–water partition coefficient (Wildman–Crippen LogP) is 2.61. The number of anilines is 1. The minimum atomic E-state index is -0.397. The van der Waals surface area contributed by atoms with Gasteiger partial charge >= 0.3 is 0 Å². The number of hydrogen-bond donors (Lipinski definition) is 3. The van der Waals surface area contributed by atoms with Crippen LogP contribution in [-0.2, 0) is 9.53 Å². The molecule has 0 heterocycles. The predicted molar refractivity (Wildman–Crippen MR) is 110 cm³/mol. The third kappa shape index (κ3) is 9.01. The molecule has 1 unspecified atom stereocenters. The number of carbonyl (C=O) groups excluding carboxylic acids is 1. The van der Waals surface area contributed by atoms with Gasteiger partial charge in [0.1, 0.15) is 5.82 Å². The lowest BCUT2D eigenvalue weighted by Gasteiger charge is -2.30. The molecule has 6 nitrogen and oxygen atoms in total. The largest absolute Gasteiger partial charge is 0.379 e. The summed E-state index contributed by atoms with van der Waals surface area (Å²) in [5.74, 6) is -0.190. The summed E-state index contributed by atoms with van der Waals surface area (Å²) in [6.45, 7) is 6.84. The molecule has 1 aromatic carbocycles. The smallest absolute Gasteiger partial charge is 0.243 e. The maximum absolute atomic E-state index is 13.1. The van der Waals surface area contributed by atoms with Crippen LogP contribution in [0.3, 0.4) is 0 Å². The highest BCUT2D eigenvalue weighted by atomic mass is 127. The second kappa shape index (κ2) is 11.2. The van der Waals surface area contributed by atoms with E-state index in [0.717, 1.165) is 0 Å². The summed E-state index contributed by atoms with van der Waals surface area (Å²) in [6.07, 6.45) is -0.00262. The van der Waals surface area contributed by atoms with Crippen molar-refractivity contribution in [1.29, 1.82) is 0 Å². The van der Waals surface area contributed by atoms with Gasteiger partial charge in [-0.05, 0) is 23.6 Å². The monoisotopic (exact) mass is 466 g/mol. The van der Waals surface area contributed by atoms with Crippen molar-refractivity contribution in [1.82, 2.24) is 10.6 Å². The number of ether oxygens (including phenoxy) is 1. The Morgan fingerprint density at radius 1 is 1.32 bits per heavy atom. The first-order valence-electron chi connectivity index (χ1n) is 7.79. The van der Waals surface area contributed by atoms with Crippen LogP contribution in [0, 0.1) is 11.2 Å². The SMILES string of the molecule is CN=C(NCC(=O)Nc1cccc(F)c1)NCC(OC)C(C)(C)C.I. The van der Waals surface area contributed by atoms with E-state index in [0.29, 0.717) is 18.2 Å². The Balaban J connectivity index is 0.00000576. The molecule has 1 aromatic rings. The topological polar surface area (TPSA) is 74.8 Å². The first kappa shape index (κ1) is 23.6. The number of carbonyl (C=O) groups is 1. The van der Waals surface area contributed by atoms with Crippen LogP contribution in [0.2, 0.25) is 0 Å². The van der Waals surface area contributed by atoms with E-state index in [1.807, 2.05) is 0 Å². The van der Waals surface area contributed by atoms with Gasteiger partial charge in [-0.3, -0.25) is 9.79 Å². The summed E-state index contributed by atoms with van der Waals surface area (Å²) in [5.41, 5.74) is 0.395. The Bertz CT molecular complexity index is 576. The van der Waals surface area contributed by atoms with Crippen molar-refractivity contribution < 1.29 is 13.9 Å². The summed E-state index contributed by atoms with van der Waals surface area (Å²) >= 11 is 0. The Morgan fingerprint density at radius 3 is 2.52 bits per heavy atom. The molecule has 0 aliphatic carbocycles. The molecule has 1 rings (SSSR count). The van der Waals surface area contributed by atoms with Gasteiger partial charge in [-0.1, -0.05) is 26.8 Å². The minimum Gasteiger partial charge on any atom is -0.379 e. The molecule has 0 fully saturated rings. The van der Waals surface area contributed by atoms with Gasteiger partial charge in [0, 0.05) is 26.4 Å². The van der Waals surface area contributed by atoms with Gasteiger partial charge in [-0.25, -0.2) is 4.39 Å². The van der Waals surface area contributed by atoms with E-state index in [1.165, 1.54) is 18.2 Å². The van der Waals surface area contributed by atoms with Crippen LogP contribution in [0.25, 0.3) is 0 Å². The first-order chi connectivity index (χ1) is 11.3. The fourth-order valence-electron chi connectivity index (χ4n) is 2.09. The molecule has 0 spiro atoms. The molecular formula is C17H28FIN4O2. The average Bonchev–Trinajstić information content (AvgIpc) is 2.49. The van der Waals surface area contributed by atoms with Gasteiger partial charge in [0.15, 0.2) is 5.96 Å². The lowest BCUT2D eigenvalue weighted by Crippen LogP contribution is -2.46. The van der Waals surface area contributed by atoms with E-state index in [1.54, 1.807) is 20.2 Å². The van der Waals surface area contributed by atoms with Crippen molar-refractivity contribution in [2.24, 2.45) is 10.4 Å². The molecule has 0 aliphatic rings. The molecule has 0 radical (unpaired) electrons. The third-order valence-electron chi connectivity index (χ3n) is 3.45. The van der Waals surface area contributed by atoms with E-state index < -0.39 is 5.82 Å². The van der Waals surface area contributed by atoms with Gasteiger partial charge in [-0.2, -0.15) is 0 Å². The lowest BCUT2D eigenvalue weighted by atomic mass is 9.89. The van der Waals surface area contributed by atoms with Crippen molar-refractivity contribution in [3.63, 3.8) is 0 Å². The molecule has 0 bridgehead atoms. The van der Waals surface area contributed by atoms with Crippen molar-refractivity contribution >= 4 is 41.5 Å². The number of amides is 1. The number of nitrogens with zero attached hydrogens (tertiary/aromatic N) is 1. The molecular weight excluding hydrogens is 438 g/mol. The Labute approximate surface area is 166 Å². The van der Waals surface area contributed by atoms with Crippen LogP contribution in [0.1, 0.15) is 20.8 Å². The van der Waals surface area contributed by atoms with Crippen molar-refractivity contribution in [2.45, 2.75) is 26.9 Å². The zero-order valence-electron chi connectivity index (χ0n) is 15.4. The van der Waals surface area contributed by atoms with Crippen LogP contribution in [0.5, 0.6) is 0 Å². The number of rotatable bonds is 6. The van der Waals surface area contributed by atoms with E-state index in [9.17, 15) is 9.18 Å². The fourth-order valence-corrected chi connectivity index (χ4v) is 2.09. The zero-order chi connectivity index (χ0) is 18.2. The van der Waals surface area contributed by atoms with Gasteiger partial charge in [-0.15, -0.1) is 24.0 Å². The molecule has 8 heteroatoms.